The maximum atomic E-state index is 5.12. The summed E-state index contributed by atoms with van der Waals surface area (Å²) in [5.74, 6) is 0.902. The molecule has 0 amide bonds. The first-order valence-electron chi connectivity index (χ1n) is 5.10. The second-order valence-corrected chi connectivity index (χ2v) is 3.71. The molecule has 6 heteroatoms. The molecule has 0 fully saturated rings. The third-order valence-electron chi connectivity index (χ3n) is 2.25. The first kappa shape index (κ1) is 10.8. The van der Waals surface area contributed by atoms with Crippen LogP contribution in [0.15, 0.2) is 24.5 Å². The van der Waals surface area contributed by atoms with E-state index in [9.17, 15) is 0 Å². The minimum atomic E-state index is 0.589. The van der Waals surface area contributed by atoms with Crippen molar-refractivity contribution in [1.82, 2.24) is 19.9 Å². The lowest BCUT2D eigenvalue weighted by atomic mass is 10.3. The largest absolute Gasteiger partial charge is 0.318 e. The Labute approximate surface area is 98.5 Å². The SMILES string of the molecule is CCc1n[nH]c(=S)n1NCc1ccncc1. The van der Waals surface area contributed by atoms with Crippen molar-refractivity contribution in [2.45, 2.75) is 19.9 Å². The molecule has 0 aromatic carbocycles. The van der Waals surface area contributed by atoms with Gasteiger partial charge in [-0.05, 0) is 29.9 Å². The number of hydrogen-bond acceptors (Lipinski definition) is 4. The molecule has 0 saturated heterocycles. The highest BCUT2D eigenvalue weighted by molar-refractivity contribution is 7.71. The van der Waals surface area contributed by atoms with Crippen LogP contribution in [0.25, 0.3) is 0 Å². The first-order valence-corrected chi connectivity index (χ1v) is 5.51. The van der Waals surface area contributed by atoms with Gasteiger partial charge in [0.05, 0.1) is 6.54 Å². The molecule has 16 heavy (non-hydrogen) atoms. The van der Waals surface area contributed by atoms with Gasteiger partial charge >= 0.3 is 0 Å². The van der Waals surface area contributed by atoms with E-state index in [2.05, 4.69) is 20.6 Å². The lowest BCUT2D eigenvalue weighted by Gasteiger charge is -2.08. The Kier molecular flexibility index (Phi) is 3.31. The van der Waals surface area contributed by atoms with E-state index in [1.807, 2.05) is 19.1 Å². The zero-order chi connectivity index (χ0) is 11.4. The Balaban J connectivity index is 2.10. The first-order chi connectivity index (χ1) is 7.81. The second kappa shape index (κ2) is 4.89. The molecular formula is C10H13N5S. The quantitative estimate of drug-likeness (QED) is 0.791. The van der Waals surface area contributed by atoms with Crippen LogP contribution in [-0.2, 0) is 13.0 Å². The molecule has 0 unspecified atom stereocenters. The van der Waals surface area contributed by atoms with Crippen molar-refractivity contribution in [1.29, 1.82) is 0 Å². The molecule has 0 aliphatic carbocycles. The minimum absolute atomic E-state index is 0.589. The predicted molar refractivity (Wildman–Crippen MR) is 64.1 cm³/mol. The van der Waals surface area contributed by atoms with Gasteiger partial charge in [-0.25, -0.2) is 4.68 Å². The smallest absolute Gasteiger partial charge is 0.214 e. The molecule has 5 nitrogen and oxygen atoms in total. The van der Waals surface area contributed by atoms with E-state index in [-0.39, 0.29) is 0 Å². The van der Waals surface area contributed by atoms with Crippen molar-refractivity contribution in [3.63, 3.8) is 0 Å². The van der Waals surface area contributed by atoms with Crippen LogP contribution in [0.1, 0.15) is 18.3 Å². The van der Waals surface area contributed by atoms with Gasteiger partial charge in [-0.1, -0.05) is 6.92 Å². The lowest BCUT2D eigenvalue weighted by molar-refractivity contribution is 0.763. The Bertz CT molecular complexity index is 501. The van der Waals surface area contributed by atoms with E-state index in [1.54, 1.807) is 17.1 Å². The van der Waals surface area contributed by atoms with Gasteiger partial charge in [-0.2, -0.15) is 5.10 Å². The Morgan fingerprint density at radius 1 is 1.44 bits per heavy atom. The van der Waals surface area contributed by atoms with Gasteiger partial charge in [-0.15, -0.1) is 0 Å². The number of rotatable bonds is 4. The zero-order valence-electron chi connectivity index (χ0n) is 8.97. The number of H-pyrrole nitrogens is 1. The summed E-state index contributed by atoms with van der Waals surface area (Å²) in [6.45, 7) is 2.74. The molecule has 0 spiro atoms. The Morgan fingerprint density at radius 3 is 2.88 bits per heavy atom. The van der Waals surface area contributed by atoms with Crippen molar-refractivity contribution in [3.05, 3.63) is 40.7 Å². The molecule has 2 aromatic rings. The molecule has 0 radical (unpaired) electrons. The molecule has 2 heterocycles. The molecule has 0 bridgehead atoms. The number of nitrogens with zero attached hydrogens (tertiary/aromatic N) is 3. The van der Waals surface area contributed by atoms with Crippen LogP contribution in [0.4, 0.5) is 0 Å². The normalized spacial score (nSPS) is 10.3. The van der Waals surface area contributed by atoms with E-state index in [0.717, 1.165) is 17.8 Å². The highest BCUT2D eigenvalue weighted by atomic mass is 32.1. The summed E-state index contributed by atoms with van der Waals surface area (Å²) in [6, 6.07) is 3.92. The van der Waals surface area contributed by atoms with Gasteiger partial charge in [0.25, 0.3) is 0 Å². The molecule has 0 aliphatic heterocycles. The third kappa shape index (κ3) is 2.27. The monoisotopic (exact) mass is 235 g/mol. The van der Waals surface area contributed by atoms with Crippen LogP contribution >= 0.6 is 12.2 Å². The number of aromatic nitrogens is 4. The molecule has 2 N–H and O–H groups in total. The van der Waals surface area contributed by atoms with Crippen molar-refractivity contribution < 1.29 is 0 Å². The van der Waals surface area contributed by atoms with Gasteiger partial charge in [0, 0.05) is 18.8 Å². The minimum Gasteiger partial charge on any atom is -0.318 e. The number of nitrogens with one attached hydrogen (secondary N) is 2. The summed E-state index contributed by atoms with van der Waals surface area (Å²) >= 11 is 5.12. The van der Waals surface area contributed by atoms with Crippen LogP contribution < -0.4 is 5.43 Å². The summed E-state index contributed by atoms with van der Waals surface area (Å²) in [4.78, 5) is 3.97. The third-order valence-corrected chi connectivity index (χ3v) is 2.52. The van der Waals surface area contributed by atoms with E-state index in [4.69, 9.17) is 12.2 Å². The van der Waals surface area contributed by atoms with Gasteiger partial charge < -0.3 is 5.43 Å². The van der Waals surface area contributed by atoms with Crippen molar-refractivity contribution in [2.75, 3.05) is 5.43 Å². The molecular weight excluding hydrogens is 222 g/mol. The fourth-order valence-electron chi connectivity index (χ4n) is 1.40. The Morgan fingerprint density at radius 2 is 2.19 bits per heavy atom. The fourth-order valence-corrected chi connectivity index (χ4v) is 1.62. The summed E-state index contributed by atoms with van der Waals surface area (Å²) in [6.07, 6.45) is 4.37. The van der Waals surface area contributed by atoms with E-state index >= 15 is 0 Å². The molecule has 0 atom stereocenters. The van der Waals surface area contributed by atoms with Crippen LogP contribution in [0.3, 0.4) is 0 Å². The number of aryl methyl sites for hydroxylation is 1. The number of pyridine rings is 1. The van der Waals surface area contributed by atoms with Gasteiger partial charge in [0.15, 0.2) is 5.82 Å². The highest BCUT2D eigenvalue weighted by Crippen LogP contribution is 1.99. The maximum Gasteiger partial charge on any atom is 0.214 e. The van der Waals surface area contributed by atoms with Gasteiger partial charge in [0.2, 0.25) is 4.77 Å². The molecule has 2 aromatic heterocycles. The predicted octanol–water partition coefficient (Wildman–Crippen LogP) is 1.64. The average Bonchev–Trinajstić information content (AvgIpc) is 2.69. The average molecular weight is 235 g/mol. The van der Waals surface area contributed by atoms with Crippen molar-refractivity contribution in [2.24, 2.45) is 0 Å². The van der Waals surface area contributed by atoms with E-state index in [0.29, 0.717) is 11.3 Å². The van der Waals surface area contributed by atoms with Crippen LogP contribution in [-0.4, -0.2) is 19.9 Å². The second-order valence-electron chi connectivity index (χ2n) is 3.32. The maximum absolute atomic E-state index is 5.12. The molecule has 0 saturated carbocycles. The number of hydrogen-bond donors (Lipinski definition) is 2. The lowest BCUT2D eigenvalue weighted by Crippen LogP contribution is -2.17. The van der Waals surface area contributed by atoms with Crippen molar-refractivity contribution in [3.8, 4) is 0 Å². The standard InChI is InChI=1S/C10H13N5S/c1-2-9-13-14-10(16)15(9)12-7-8-3-5-11-6-4-8/h3-6,12H,2,7H2,1H3,(H,14,16). The molecule has 84 valence electrons. The molecule has 0 aliphatic rings. The van der Waals surface area contributed by atoms with Crippen LogP contribution in [0.2, 0.25) is 0 Å². The van der Waals surface area contributed by atoms with Gasteiger partial charge in [-0.3, -0.25) is 10.1 Å². The highest BCUT2D eigenvalue weighted by Gasteiger charge is 2.02. The van der Waals surface area contributed by atoms with Crippen molar-refractivity contribution >= 4 is 12.2 Å². The summed E-state index contributed by atoms with van der Waals surface area (Å²) in [7, 11) is 0. The zero-order valence-corrected chi connectivity index (χ0v) is 9.79. The van der Waals surface area contributed by atoms with Crippen LogP contribution in [0, 0.1) is 4.77 Å². The summed E-state index contributed by atoms with van der Waals surface area (Å²) in [5, 5.41) is 6.88. The summed E-state index contributed by atoms with van der Waals surface area (Å²) < 4.78 is 2.39. The van der Waals surface area contributed by atoms with E-state index in [1.165, 1.54) is 0 Å². The summed E-state index contributed by atoms with van der Waals surface area (Å²) in [5.41, 5.74) is 4.37. The van der Waals surface area contributed by atoms with E-state index < -0.39 is 0 Å². The Hall–Kier alpha value is -1.69. The molecule has 2 rings (SSSR count). The topological polar surface area (TPSA) is 58.5 Å². The fraction of sp³-hybridized carbons (Fsp3) is 0.300. The van der Waals surface area contributed by atoms with Gasteiger partial charge in [0.1, 0.15) is 0 Å². The van der Waals surface area contributed by atoms with Crippen LogP contribution in [0.5, 0.6) is 0 Å². The number of aromatic amines is 1.